The summed E-state index contributed by atoms with van der Waals surface area (Å²) in [6.07, 6.45) is 4.38. The lowest BCUT2D eigenvalue weighted by molar-refractivity contribution is -0.129. The SMILES string of the molecule is CCN=C1SC(CC(=O)Nc2ccc(Cl)cc2Cl)C(=O)N1C1CCCC1. The average Bonchev–Trinajstić information content (AvgIpc) is 3.20. The standard InChI is InChI=1S/C18H21Cl2N3O2S/c1-2-21-18-23(12-5-3-4-6-12)17(25)15(26-18)10-16(24)22-14-8-7-11(19)9-13(14)20/h7-9,12,15H,2-6,10H2,1H3,(H,22,24). The molecule has 3 rings (SSSR count). The fourth-order valence-electron chi connectivity index (χ4n) is 3.32. The van der Waals surface area contributed by atoms with Crippen molar-refractivity contribution in [1.29, 1.82) is 0 Å². The number of aliphatic imine (C=N–C) groups is 1. The maximum atomic E-state index is 12.9. The summed E-state index contributed by atoms with van der Waals surface area (Å²) in [5.74, 6) is -0.254. The second kappa shape index (κ2) is 8.63. The average molecular weight is 414 g/mol. The van der Waals surface area contributed by atoms with E-state index in [0.717, 1.165) is 30.9 Å². The Kier molecular flexibility index (Phi) is 6.48. The smallest absolute Gasteiger partial charge is 0.242 e. The number of nitrogens with one attached hydrogen (secondary N) is 1. The predicted octanol–water partition coefficient (Wildman–Crippen LogP) is 4.58. The number of carbonyl (C=O) groups excluding carboxylic acids is 2. The van der Waals surface area contributed by atoms with Gasteiger partial charge in [-0.1, -0.05) is 47.8 Å². The number of nitrogens with zero attached hydrogens (tertiary/aromatic N) is 2. The fourth-order valence-corrected chi connectivity index (χ4v) is 5.04. The van der Waals surface area contributed by atoms with E-state index in [1.807, 2.05) is 11.8 Å². The van der Waals surface area contributed by atoms with E-state index in [2.05, 4.69) is 10.3 Å². The normalized spacial score (nSPS) is 22.4. The summed E-state index contributed by atoms with van der Waals surface area (Å²) in [7, 11) is 0. The highest BCUT2D eigenvalue weighted by atomic mass is 35.5. The van der Waals surface area contributed by atoms with E-state index >= 15 is 0 Å². The van der Waals surface area contributed by atoms with Gasteiger partial charge in [-0.15, -0.1) is 0 Å². The first kappa shape index (κ1) is 19.5. The third-order valence-corrected chi connectivity index (χ3v) is 6.26. The van der Waals surface area contributed by atoms with Crippen molar-refractivity contribution < 1.29 is 9.59 Å². The van der Waals surface area contributed by atoms with Crippen molar-refractivity contribution in [3.05, 3.63) is 28.2 Å². The fraction of sp³-hybridized carbons (Fsp3) is 0.500. The molecule has 2 aliphatic rings. The molecule has 1 aromatic carbocycles. The molecule has 8 heteroatoms. The van der Waals surface area contributed by atoms with Crippen LogP contribution in [-0.4, -0.2) is 39.7 Å². The van der Waals surface area contributed by atoms with Gasteiger partial charge in [0, 0.05) is 24.0 Å². The molecule has 1 unspecified atom stereocenters. The quantitative estimate of drug-likeness (QED) is 0.767. The molecule has 1 aliphatic carbocycles. The number of hydrogen-bond acceptors (Lipinski definition) is 4. The van der Waals surface area contributed by atoms with Crippen molar-refractivity contribution in [1.82, 2.24) is 4.90 Å². The monoisotopic (exact) mass is 413 g/mol. The van der Waals surface area contributed by atoms with E-state index in [9.17, 15) is 9.59 Å². The van der Waals surface area contributed by atoms with Crippen molar-refractivity contribution >= 4 is 57.6 Å². The third-order valence-electron chi connectivity index (χ3n) is 4.53. The Labute approximate surface area is 167 Å². The Morgan fingerprint density at radius 2 is 2.08 bits per heavy atom. The molecule has 140 valence electrons. The Bertz CT molecular complexity index is 735. The summed E-state index contributed by atoms with van der Waals surface area (Å²) in [6, 6.07) is 5.11. The Balaban J connectivity index is 1.68. The molecule has 1 aromatic rings. The van der Waals surface area contributed by atoms with Crippen LogP contribution in [0.15, 0.2) is 23.2 Å². The first-order chi connectivity index (χ1) is 12.5. The molecule has 2 amide bonds. The molecule has 1 N–H and O–H groups in total. The lowest BCUT2D eigenvalue weighted by atomic mass is 10.2. The van der Waals surface area contributed by atoms with Crippen LogP contribution in [0.4, 0.5) is 5.69 Å². The molecule has 2 fully saturated rings. The van der Waals surface area contributed by atoms with E-state index in [1.54, 1.807) is 18.2 Å². The largest absolute Gasteiger partial charge is 0.325 e. The van der Waals surface area contributed by atoms with Gasteiger partial charge in [0.15, 0.2) is 5.17 Å². The molecule has 0 bridgehead atoms. The van der Waals surface area contributed by atoms with Crippen molar-refractivity contribution in [3.8, 4) is 0 Å². The van der Waals surface area contributed by atoms with Crippen LogP contribution in [0.5, 0.6) is 0 Å². The number of thioether (sulfide) groups is 1. The lowest BCUT2D eigenvalue weighted by Crippen LogP contribution is -2.40. The third kappa shape index (κ3) is 4.35. The van der Waals surface area contributed by atoms with Crippen molar-refractivity contribution in [2.75, 3.05) is 11.9 Å². The molecule has 1 heterocycles. The first-order valence-electron chi connectivity index (χ1n) is 8.78. The lowest BCUT2D eigenvalue weighted by Gasteiger charge is -2.23. The van der Waals surface area contributed by atoms with Gasteiger partial charge in [0.2, 0.25) is 11.8 Å². The van der Waals surface area contributed by atoms with Crippen LogP contribution in [0.1, 0.15) is 39.0 Å². The zero-order valence-corrected chi connectivity index (χ0v) is 16.8. The van der Waals surface area contributed by atoms with E-state index in [0.29, 0.717) is 22.3 Å². The molecule has 1 atom stereocenters. The first-order valence-corrected chi connectivity index (χ1v) is 10.4. The van der Waals surface area contributed by atoms with Crippen LogP contribution >= 0.6 is 35.0 Å². The number of hydrogen-bond donors (Lipinski definition) is 1. The topological polar surface area (TPSA) is 61.8 Å². The number of halogens is 2. The van der Waals surface area contributed by atoms with Gasteiger partial charge in [0.05, 0.1) is 10.7 Å². The summed E-state index contributed by atoms with van der Waals surface area (Å²) in [6.45, 7) is 2.57. The zero-order chi connectivity index (χ0) is 18.7. The minimum Gasteiger partial charge on any atom is -0.325 e. The predicted molar refractivity (Wildman–Crippen MR) is 108 cm³/mol. The molecular weight excluding hydrogens is 393 g/mol. The van der Waals surface area contributed by atoms with Crippen LogP contribution in [-0.2, 0) is 9.59 Å². The number of carbonyl (C=O) groups is 2. The highest BCUT2D eigenvalue weighted by molar-refractivity contribution is 8.15. The zero-order valence-electron chi connectivity index (χ0n) is 14.5. The number of benzene rings is 1. The maximum Gasteiger partial charge on any atom is 0.242 e. The number of anilines is 1. The number of rotatable bonds is 5. The van der Waals surface area contributed by atoms with Gasteiger partial charge < -0.3 is 5.32 Å². The van der Waals surface area contributed by atoms with Crippen molar-refractivity contribution in [2.45, 2.75) is 50.3 Å². The van der Waals surface area contributed by atoms with Crippen LogP contribution in [0.25, 0.3) is 0 Å². The van der Waals surface area contributed by atoms with Crippen LogP contribution < -0.4 is 5.32 Å². The van der Waals surface area contributed by atoms with Gasteiger partial charge in [-0.05, 0) is 38.0 Å². The molecule has 0 spiro atoms. The van der Waals surface area contributed by atoms with Gasteiger partial charge in [0.1, 0.15) is 5.25 Å². The summed E-state index contributed by atoms with van der Waals surface area (Å²) in [5, 5.41) is 3.96. The minimum absolute atomic E-state index is 0.00791. The molecular formula is C18H21Cl2N3O2S. The summed E-state index contributed by atoms with van der Waals surface area (Å²) >= 11 is 13.4. The highest BCUT2D eigenvalue weighted by Crippen LogP contribution is 2.36. The van der Waals surface area contributed by atoms with Crippen LogP contribution in [0.2, 0.25) is 10.0 Å². The van der Waals surface area contributed by atoms with E-state index < -0.39 is 5.25 Å². The van der Waals surface area contributed by atoms with Crippen molar-refractivity contribution in [2.24, 2.45) is 4.99 Å². The molecule has 0 radical (unpaired) electrons. The van der Waals surface area contributed by atoms with Gasteiger partial charge in [-0.2, -0.15) is 0 Å². The number of amides is 2. The summed E-state index contributed by atoms with van der Waals surface area (Å²) in [4.78, 5) is 31.6. The summed E-state index contributed by atoms with van der Waals surface area (Å²) < 4.78 is 0. The van der Waals surface area contributed by atoms with E-state index in [-0.39, 0.29) is 24.3 Å². The highest BCUT2D eigenvalue weighted by Gasteiger charge is 2.43. The van der Waals surface area contributed by atoms with Crippen molar-refractivity contribution in [3.63, 3.8) is 0 Å². The number of amidine groups is 1. The summed E-state index contributed by atoms with van der Waals surface area (Å²) in [5.41, 5.74) is 0.492. The molecule has 0 aromatic heterocycles. The van der Waals surface area contributed by atoms with Gasteiger partial charge in [-0.25, -0.2) is 0 Å². The van der Waals surface area contributed by atoms with Gasteiger partial charge in [0.25, 0.3) is 0 Å². The maximum absolute atomic E-state index is 12.9. The molecule has 5 nitrogen and oxygen atoms in total. The molecule has 1 saturated carbocycles. The van der Waals surface area contributed by atoms with E-state index in [1.165, 1.54) is 11.8 Å². The van der Waals surface area contributed by atoms with Gasteiger partial charge in [-0.3, -0.25) is 19.5 Å². The van der Waals surface area contributed by atoms with Gasteiger partial charge >= 0.3 is 0 Å². The Morgan fingerprint density at radius 1 is 1.35 bits per heavy atom. The second-order valence-electron chi connectivity index (χ2n) is 6.39. The molecule has 26 heavy (non-hydrogen) atoms. The van der Waals surface area contributed by atoms with E-state index in [4.69, 9.17) is 23.2 Å². The minimum atomic E-state index is -0.438. The Hall–Kier alpha value is -1.24. The second-order valence-corrected chi connectivity index (χ2v) is 8.40. The van der Waals surface area contributed by atoms with Crippen LogP contribution in [0, 0.1) is 0 Å². The molecule has 1 aliphatic heterocycles. The molecule has 1 saturated heterocycles. The Morgan fingerprint density at radius 3 is 2.73 bits per heavy atom. The van der Waals surface area contributed by atoms with Crippen LogP contribution in [0.3, 0.4) is 0 Å².